The van der Waals surface area contributed by atoms with E-state index in [9.17, 15) is 4.79 Å². The largest absolute Gasteiger partial charge is 0.481 e. The molecule has 0 aromatic carbocycles. The molecule has 10 heavy (non-hydrogen) atoms. The van der Waals surface area contributed by atoms with Crippen molar-refractivity contribution in [2.75, 3.05) is 0 Å². The second-order valence-electron chi connectivity index (χ2n) is 1.84. The molecule has 1 N–H and O–H groups in total. The van der Waals surface area contributed by atoms with Crippen molar-refractivity contribution in [3.05, 3.63) is 0 Å². The van der Waals surface area contributed by atoms with Crippen LogP contribution in [0.5, 0.6) is 0 Å². The molecule has 0 radical (unpaired) electrons. The van der Waals surface area contributed by atoms with Crippen molar-refractivity contribution in [3.63, 3.8) is 0 Å². The van der Waals surface area contributed by atoms with Gasteiger partial charge in [0, 0.05) is 14.6 Å². The molecule has 0 unspecified atom stereocenters. The van der Waals surface area contributed by atoms with E-state index in [-0.39, 0.29) is 6.42 Å². The van der Waals surface area contributed by atoms with Crippen LogP contribution in [-0.2, 0) is 4.79 Å². The Morgan fingerprint density at radius 1 is 1.50 bits per heavy atom. The van der Waals surface area contributed by atoms with E-state index < -0.39 is 25.1 Å². The third-order valence-electron chi connectivity index (χ3n) is 0.913. The van der Waals surface area contributed by atoms with Gasteiger partial charge in [0.2, 0.25) is 0 Å². The number of carbonyl (C=O) groups is 1. The number of carboxylic acids is 1. The first-order valence-corrected chi connectivity index (χ1v) is 3.24. The zero-order valence-electron chi connectivity index (χ0n) is 12.0. The van der Waals surface area contributed by atoms with Crippen LogP contribution in [0.3, 0.4) is 0 Å². The molecule has 0 bridgehead atoms. The lowest BCUT2D eigenvalue weighted by Crippen LogP contribution is -1.93. The fourth-order valence-electron chi connectivity index (χ4n) is 0.425. The van der Waals surface area contributed by atoms with Crippen LogP contribution in [0.15, 0.2) is 0 Å². The maximum absolute atomic E-state index is 10.6. The Morgan fingerprint density at radius 2 is 2.20 bits per heavy atom. The zero-order chi connectivity index (χ0) is 13.2. The molecule has 0 aliphatic carbocycles. The molecule has 0 atom stereocenters. The van der Waals surface area contributed by atoms with Crippen molar-refractivity contribution >= 4 is 5.97 Å². The van der Waals surface area contributed by atoms with Gasteiger partial charge < -0.3 is 5.11 Å². The summed E-state index contributed by atoms with van der Waals surface area (Å²) in [4.78, 5) is 10.6. The Morgan fingerprint density at radius 3 is 2.70 bits per heavy atom. The molecule has 0 aliphatic rings. The van der Waals surface area contributed by atoms with Crippen molar-refractivity contribution in [1.29, 1.82) is 0 Å². The Hall–Kier alpha value is -0.530. The van der Waals surface area contributed by atoms with Crippen LogP contribution in [-0.4, -0.2) is 11.1 Å². The first kappa shape index (κ1) is 3.24. The lowest BCUT2D eigenvalue weighted by Gasteiger charge is -1.95. The number of carboxylic acid groups (broad SMARTS) is 1. The van der Waals surface area contributed by atoms with E-state index in [2.05, 4.69) is 0 Å². The molecule has 0 saturated carbocycles. The molecule has 0 spiro atoms. The summed E-state index contributed by atoms with van der Waals surface area (Å²) in [7, 11) is 0. The first-order valence-electron chi connectivity index (χ1n) is 6.24. The van der Waals surface area contributed by atoms with Gasteiger partial charge in [-0.2, -0.15) is 0 Å². The predicted molar refractivity (Wildman–Crippen MR) is 41.0 cm³/mol. The molecule has 0 aromatic rings. The van der Waals surface area contributed by atoms with E-state index in [4.69, 9.17) is 13.3 Å². The van der Waals surface area contributed by atoms with Gasteiger partial charge in [0.1, 0.15) is 0 Å². The predicted octanol–water partition coefficient (Wildman–Crippen LogP) is 2.43. The van der Waals surface area contributed by atoms with Gasteiger partial charge in [0.25, 0.3) is 0 Å². The fraction of sp³-hybridized carbons (Fsp3) is 0.875. The molecular weight excluding hydrogens is 128 g/mol. The number of unbranched alkanes of at least 4 members (excludes halogenated alkanes) is 1. The minimum atomic E-state index is -3.25. The Balaban J connectivity index is 5.09. The van der Waals surface area contributed by atoms with Crippen molar-refractivity contribution in [2.45, 2.75) is 45.3 Å². The minimum Gasteiger partial charge on any atom is -0.481 e. The SMILES string of the molecule is [2H]C([2H])(CCCC)C([2H])([2H])C([2H])([2H])C(=O)O. The number of hydrogen-bond donors (Lipinski definition) is 1. The monoisotopic (exact) mass is 150 g/mol. The molecule has 0 heterocycles. The van der Waals surface area contributed by atoms with Crippen LogP contribution < -0.4 is 0 Å². The van der Waals surface area contributed by atoms with Gasteiger partial charge in [-0.05, 0) is 6.37 Å². The average Bonchev–Trinajstić information content (AvgIpc) is 2.13. The highest BCUT2D eigenvalue weighted by Gasteiger charge is 1.94. The van der Waals surface area contributed by atoms with Crippen molar-refractivity contribution in [2.24, 2.45) is 0 Å². The maximum atomic E-state index is 10.6. The summed E-state index contributed by atoms with van der Waals surface area (Å²) in [6.45, 7) is 1.79. The minimum absolute atomic E-state index is 0.205. The van der Waals surface area contributed by atoms with Crippen LogP contribution in [0.4, 0.5) is 0 Å². The van der Waals surface area contributed by atoms with Gasteiger partial charge in [-0.25, -0.2) is 0 Å². The third-order valence-corrected chi connectivity index (χ3v) is 0.913. The summed E-state index contributed by atoms with van der Waals surface area (Å²) in [6, 6.07) is 0. The first-order chi connectivity index (χ1) is 7.00. The molecule has 0 amide bonds. The average molecular weight is 150 g/mol. The van der Waals surface area contributed by atoms with Crippen LogP contribution in [0.2, 0.25) is 0 Å². The molecule has 0 saturated heterocycles. The van der Waals surface area contributed by atoms with E-state index in [1.807, 2.05) is 0 Å². The van der Waals surface area contributed by atoms with Crippen LogP contribution in [0, 0.1) is 0 Å². The molecule has 60 valence electrons. The normalized spacial score (nSPS) is 22.9. The van der Waals surface area contributed by atoms with Crippen molar-refractivity contribution in [3.8, 4) is 0 Å². The van der Waals surface area contributed by atoms with Gasteiger partial charge in [-0.15, -0.1) is 0 Å². The summed E-state index contributed by atoms with van der Waals surface area (Å²) in [6.07, 6.45) is -8.02. The quantitative estimate of drug-likeness (QED) is 0.631. The molecule has 2 heteroatoms. The van der Waals surface area contributed by atoms with Gasteiger partial charge in [0.15, 0.2) is 0 Å². The summed E-state index contributed by atoms with van der Waals surface area (Å²) in [5, 5.41) is 8.58. The number of hydrogen-bond acceptors (Lipinski definition) is 1. The molecule has 0 rings (SSSR count). The second-order valence-corrected chi connectivity index (χ2v) is 1.84. The summed E-state index contributed by atoms with van der Waals surface area (Å²) in [5.41, 5.74) is 0. The summed E-state index contributed by atoms with van der Waals surface area (Å²) >= 11 is 0. The Bertz CT molecular complexity index is 263. The van der Waals surface area contributed by atoms with Crippen molar-refractivity contribution in [1.82, 2.24) is 0 Å². The second kappa shape index (κ2) is 6.59. The molecule has 2 nitrogen and oxygen atoms in total. The number of rotatable bonds is 6. The van der Waals surface area contributed by atoms with Gasteiger partial charge in [0.05, 0.1) is 0 Å². The highest BCUT2D eigenvalue weighted by atomic mass is 16.4. The van der Waals surface area contributed by atoms with E-state index in [1.54, 1.807) is 6.92 Å². The van der Waals surface area contributed by atoms with E-state index >= 15 is 0 Å². The summed E-state index contributed by atoms with van der Waals surface area (Å²) < 4.78 is 43.9. The highest BCUT2D eigenvalue weighted by Crippen LogP contribution is 2.04. The number of aliphatic carboxylic acids is 1. The van der Waals surface area contributed by atoms with E-state index in [1.165, 1.54) is 0 Å². The van der Waals surface area contributed by atoms with Crippen LogP contribution in [0.25, 0.3) is 0 Å². The summed E-state index contributed by atoms with van der Waals surface area (Å²) in [5.74, 6) is -1.99. The van der Waals surface area contributed by atoms with Gasteiger partial charge in [-0.1, -0.05) is 32.6 Å². The standard InChI is InChI=1S/C8H16O2/c1-2-3-4-5-6-7-8(9)10/h2-7H2,1H3,(H,9,10)/i5D2,6D2,7D2. The molecule has 0 aliphatic heterocycles. The van der Waals surface area contributed by atoms with Crippen LogP contribution >= 0.6 is 0 Å². The Kier molecular flexibility index (Phi) is 2.14. The topological polar surface area (TPSA) is 37.3 Å². The third kappa shape index (κ3) is 7.47. The van der Waals surface area contributed by atoms with E-state index in [0.717, 1.165) is 0 Å². The van der Waals surface area contributed by atoms with Crippen LogP contribution in [0.1, 0.15) is 53.5 Å². The van der Waals surface area contributed by atoms with Gasteiger partial charge in [-0.3, -0.25) is 4.79 Å². The fourth-order valence-corrected chi connectivity index (χ4v) is 0.425. The molecular formula is C8H16O2. The Labute approximate surface area is 70.7 Å². The highest BCUT2D eigenvalue weighted by molar-refractivity contribution is 5.66. The molecule has 0 fully saturated rings. The van der Waals surface area contributed by atoms with E-state index in [0.29, 0.717) is 12.8 Å². The van der Waals surface area contributed by atoms with Crippen molar-refractivity contribution < 1.29 is 18.1 Å². The maximum Gasteiger partial charge on any atom is 0.303 e. The zero-order valence-corrected chi connectivity index (χ0v) is 5.98. The molecule has 0 aromatic heterocycles. The smallest absolute Gasteiger partial charge is 0.303 e. The van der Waals surface area contributed by atoms with Gasteiger partial charge >= 0.3 is 5.97 Å². The lowest BCUT2D eigenvalue weighted by atomic mass is 10.1. The lowest BCUT2D eigenvalue weighted by molar-refractivity contribution is -0.137.